The molecular weight excluding hydrogens is 206 g/mol. The highest BCUT2D eigenvalue weighted by molar-refractivity contribution is 5.85. The summed E-state index contributed by atoms with van der Waals surface area (Å²) in [6.45, 7) is 4.02. The Morgan fingerprint density at radius 1 is 1.50 bits per heavy atom. The van der Waals surface area contributed by atoms with E-state index in [9.17, 15) is 4.79 Å². The molecule has 2 rings (SSSR count). The van der Waals surface area contributed by atoms with Gasteiger partial charge in [-0.3, -0.25) is 9.69 Å². The van der Waals surface area contributed by atoms with Gasteiger partial charge in [-0.25, -0.2) is 0 Å². The number of carbonyl (C=O) groups excluding carboxylic acids is 1. The fourth-order valence-corrected chi connectivity index (χ4v) is 2.74. The molecule has 1 unspecified atom stereocenters. The second-order valence-corrected chi connectivity index (χ2v) is 4.73. The summed E-state index contributed by atoms with van der Waals surface area (Å²) in [4.78, 5) is 14.1. The number of methoxy groups -OCH3 is 1. The predicted octanol–water partition coefficient (Wildman–Crippen LogP) is -0.828. The van der Waals surface area contributed by atoms with Crippen LogP contribution < -0.4 is 11.1 Å². The van der Waals surface area contributed by atoms with Crippen molar-refractivity contribution in [3.8, 4) is 0 Å². The van der Waals surface area contributed by atoms with Crippen LogP contribution in [0.2, 0.25) is 0 Å². The number of carbonyl (C=O) groups is 1. The van der Waals surface area contributed by atoms with Gasteiger partial charge in [0.15, 0.2) is 0 Å². The smallest absolute Gasteiger partial charge is 0.240 e. The standard InChI is InChI=1S/C11H21N3O2/c1-16-8-11(10(12)15,9-2-3-9)14-6-4-13-5-7-14/h9,13H,2-8H2,1H3,(H2,12,15). The molecule has 0 spiro atoms. The summed E-state index contributed by atoms with van der Waals surface area (Å²) in [5.41, 5.74) is 5.09. The summed E-state index contributed by atoms with van der Waals surface area (Å²) in [6.07, 6.45) is 2.19. The van der Waals surface area contributed by atoms with Gasteiger partial charge in [0.05, 0.1) is 6.61 Å². The first kappa shape index (κ1) is 11.8. The van der Waals surface area contributed by atoms with Crippen LogP contribution in [0.5, 0.6) is 0 Å². The zero-order valence-corrected chi connectivity index (χ0v) is 9.87. The zero-order valence-electron chi connectivity index (χ0n) is 9.87. The third kappa shape index (κ3) is 1.95. The van der Waals surface area contributed by atoms with Gasteiger partial charge in [-0.05, 0) is 18.8 Å². The lowest BCUT2D eigenvalue weighted by Gasteiger charge is -2.43. The molecule has 1 saturated carbocycles. The van der Waals surface area contributed by atoms with Gasteiger partial charge < -0.3 is 15.8 Å². The van der Waals surface area contributed by atoms with Crippen LogP contribution in [0.15, 0.2) is 0 Å². The Morgan fingerprint density at radius 2 is 2.12 bits per heavy atom. The summed E-state index contributed by atoms with van der Waals surface area (Å²) >= 11 is 0. The van der Waals surface area contributed by atoms with E-state index in [0.717, 1.165) is 39.0 Å². The minimum Gasteiger partial charge on any atom is -0.382 e. The molecular formula is C11H21N3O2. The Bertz CT molecular complexity index is 262. The first-order chi connectivity index (χ1) is 7.71. The monoisotopic (exact) mass is 227 g/mol. The Kier molecular flexibility index (Phi) is 3.47. The van der Waals surface area contributed by atoms with E-state index in [-0.39, 0.29) is 5.91 Å². The average molecular weight is 227 g/mol. The molecule has 0 aromatic rings. The molecule has 0 aromatic carbocycles. The molecule has 1 amide bonds. The molecule has 2 fully saturated rings. The van der Waals surface area contributed by atoms with E-state index in [4.69, 9.17) is 10.5 Å². The third-order valence-corrected chi connectivity index (χ3v) is 3.73. The summed E-state index contributed by atoms with van der Waals surface area (Å²) in [7, 11) is 1.64. The minimum atomic E-state index is -0.559. The number of nitrogens with two attached hydrogens (primary N) is 1. The molecule has 1 aliphatic heterocycles. The second-order valence-electron chi connectivity index (χ2n) is 4.73. The maximum absolute atomic E-state index is 11.9. The van der Waals surface area contributed by atoms with Crippen LogP contribution in [0.3, 0.4) is 0 Å². The van der Waals surface area contributed by atoms with Gasteiger partial charge in [-0.1, -0.05) is 0 Å². The lowest BCUT2D eigenvalue weighted by molar-refractivity contribution is -0.137. The van der Waals surface area contributed by atoms with Crippen molar-refractivity contribution in [2.45, 2.75) is 18.4 Å². The Hall–Kier alpha value is -0.650. The van der Waals surface area contributed by atoms with Crippen LogP contribution in [0.1, 0.15) is 12.8 Å². The van der Waals surface area contributed by atoms with Crippen molar-refractivity contribution in [2.24, 2.45) is 11.7 Å². The van der Waals surface area contributed by atoms with Crippen LogP contribution in [0, 0.1) is 5.92 Å². The topological polar surface area (TPSA) is 67.6 Å². The largest absolute Gasteiger partial charge is 0.382 e. The SMILES string of the molecule is COCC(C(N)=O)(C1CC1)N1CCNCC1. The summed E-state index contributed by atoms with van der Waals surface area (Å²) in [5.74, 6) is 0.168. The highest BCUT2D eigenvalue weighted by atomic mass is 16.5. The number of rotatable bonds is 5. The first-order valence-corrected chi connectivity index (χ1v) is 5.96. The van der Waals surface area contributed by atoms with Gasteiger partial charge in [0.25, 0.3) is 0 Å². The molecule has 0 aromatic heterocycles. The number of hydrogen-bond acceptors (Lipinski definition) is 4. The van der Waals surface area contributed by atoms with E-state index in [1.165, 1.54) is 0 Å². The van der Waals surface area contributed by atoms with Crippen LogP contribution in [-0.4, -0.2) is 56.2 Å². The van der Waals surface area contributed by atoms with Crippen LogP contribution in [-0.2, 0) is 9.53 Å². The molecule has 1 aliphatic carbocycles. The normalized spacial score (nSPS) is 26.3. The van der Waals surface area contributed by atoms with Gasteiger partial charge in [0.2, 0.25) is 5.91 Å². The molecule has 1 saturated heterocycles. The van der Waals surface area contributed by atoms with Crippen LogP contribution in [0.4, 0.5) is 0 Å². The number of nitrogens with zero attached hydrogens (tertiary/aromatic N) is 1. The molecule has 2 aliphatic rings. The lowest BCUT2D eigenvalue weighted by atomic mass is 9.90. The summed E-state index contributed by atoms with van der Waals surface area (Å²) in [6, 6.07) is 0. The van der Waals surface area contributed by atoms with E-state index in [0.29, 0.717) is 12.5 Å². The molecule has 5 nitrogen and oxygen atoms in total. The summed E-state index contributed by atoms with van der Waals surface area (Å²) < 4.78 is 5.26. The van der Waals surface area contributed by atoms with E-state index >= 15 is 0 Å². The fraction of sp³-hybridized carbons (Fsp3) is 0.909. The van der Waals surface area contributed by atoms with Crippen molar-refractivity contribution in [1.29, 1.82) is 0 Å². The van der Waals surface area contributed by atoms with Crippen molar-refractivity contribution >= 4 is 5.91 Å². The van der Waals surface area contributed by atoms with Crippen LogP contribution in [0.25, 0.3) is 0 Å². The van der Waals surface area contributed by atoms with Gasteiger partial charge in [-0.15, -0.1) is 0 Å². The quantitative estimate of drug-likeness (QED) is 0.643. The van der Waals surface area contributed by atoms with E-state index in [1.807, 2.05) is 0 Å². The van der Waals surface area contributed by atoms with Crippen molar-refractivity contribution in [3.05, 3.63) is 0 Å². The predicted molar refractivity (Wildman–Crippen MR) is 61.0 cm³/mol. The van der Waals surface area contributed by atoms with Gasteiger partial charge in [0.1, 0.15) is 5.54 Å². The molecule has 3 N–H and O–H groups in total. The first-order valence-electron chi connectivity index (χ1n) is 5.96. The molecule has 0 bridgehead atoms. The van der Waals surface area contributed by atoms with Crippen LogP contribution >= 0.6 is 0 Å². The van der Waals surface area contributed by atoms with E-state index < -0.39 is 5.54 Å². The molecule has 16 heavy (non-hydrogen) atoms. The Morgan fingerprint density at radius 3 is 2.56 bits per heavy atom. The molecule has 0 radical (unpaired) electrons. The highest BCUT2D eigenvalue weighted by Gasteiger charge is 2.53. The Labute approximate surface area is 96.3 Å². The number of ether oxygens (including phenoxy) is 1. The lowest BCUT2D eigenvalue weighted by Crippen LogP contribution is -2.65. The van der Waals surface area contributed by atoms with Gasteiger partial charge in [-0.2, -0.15) is 0 Å². The number of piperazine rings is 1. The van der Waals surface area contributed by atoms with Crippen molar-refractivity contribution < 1.29 is 9.53 Å². The van der Waals surface area contributed by atoms with Gasteiger partial charge in [0, 0.05) is 33.3 Å². The highest BCUT2D eigenvalue weighted by Crippen LogP contribution is 2.43. The number of primary amides is 1. The second kappa shape index (κ2) is 4.69. The van der Waals surface area contributed by atoms with Gasteiger partial charge >= 0.3 is 0 Å². The molecule has 1 heterocycles. The maximum atomic E-state index is 11.9. The van der Waals surface area contributed by atoms with Crippen molar-refractivity contribution in [2.75, 3.05) is 39.9 Å². The maximum Gasteiger partial charge on any atom is 0.240 e. The van der Waals surface area contributed by atoms with E-state index in [1.54, 1.807) is 7.11 Å². The number of nitrogens with one attached hydrogen (secondary N) is 1. The average Bonchev–Trinajstić information content (AvgIpc) is 3.11. The van der Waals surface area contributed by atoms with E-state index in [2.05, 4.69) is 10.2 Å². The number of hydrogen-bond donors (Lipinski definition) is 2. The molecule has 5 heteroatoms. The zero-order chi connectivity index (χ0) is 11.6. The number of amides is 1. The Balaban J connectivity index is 2.19. The third-order valence-electron chi connectivity index (χ3n) is 3.73. The minimum absolute atomic E-state index is 0.223. The summed E-state index contributed by atoms with van der Waals surface area (Å²) in [5, 5.41) is 3.29. The molecule has 1 atom stereocenters. The van der Waals surface area contributed by atoms with Crippen molar-refractivity contribution in [3.63, 3.8) is 0 Å². The fourth-order valence-electron chi connectivity index (χ4n) is 2.74. The molecule has 92 valence electrons. The van der Waals surface area contributed by atoms with Crippen molar-refractivity contribution in [1.82, 2.24) is 10.2 Å².